The van der Waals surface area contributed by atoms with Crippen LogP contribution in [0.3, 0.4) is 0 Å². The molecule has 0 atom stereocenters. The SMILES string of the molecule is Cc1oc(CN(C)C(=O)CCc2ccc3c(c2)OCCCO3)cc1C(=O)O. The van der Waals surface area contributed by atoms with Crippen LogP contribution in [-0.4, -0.2) is 42.1 Å². The molecule has 0 saturated heterocycles. The highest BCUT2D eigenvalue weighted by molar-refractivity contribution is 5.88. The van der Waals surface area contributed by atoms with Gasteiger partial charge < -0.3 is 23.9 Å². The van der Waals surface area contributed by atoms with Gasteiger partial charge in [0.15, 0.2) is 11.5 Å². The van der Waals surface area contributed by atoms with E-state index < -0.39 is 5.97 Å². The third-order valence-electron chi connectivity index (χ3n) is 4.46. The van der Waals surface area contributed by atoms with Gasteiger partial charge in [0, 0.05) is 19.9 Å². The monoisotopic (exact) mass is 373 g/mol. The highest BCUT2D eigenvalue weighted by Gasteiger charge is 2.17. The van der Waals surface area contributed by atoms with Gasteiger partial charge in [0.1, 0.15) is 17.1 Å². The number of benzene rings is 1. The third-order valence-corrected chi connectivity index (χ3v) is 4.46. The molecule has 0 spiro atoms. The molecule has 1 N–H and O–H groups in total. The Hall–Kier alpha value is -2.96. The number of furan rings is 1. The van der Waals surface area contributed by atoms with E-state index in [4.69, 9.17) is 19.0 Å². The van der Waals surface area contributed by atoms with Gasteiger partial charge >= 0.3 is 5.97 Å². The molecule has 0 fully saturated rings. The van der Waals surface area contributed by atoms with E-state index in [9.17, 15) is 9.59 Å². The summed E-state index contributed by atoms with van der Waals surface area (Å²) >= 11 is 0. The molecule has 7 heteroatoms. The van der Waals surface area contributed by atoms with E-state index in [0.29, 0.717) is 37.6 Å². The van der Waals surface area contributed by atoms with Crippen molar-refractivity contribution in [3.05, 3.63) is 46.9 Å². The van der Waals surface area contributed by atoms with Crippen molar-refractivity contribution >= 4 is 11.9 Å². The Kier molecular flexibility index (Phi) is 5.69. The Balaban J connectivity index is 1.56. The van der Waals surface area contributed by atoms with Gasteiger partial charge in [-0.3, -0.25) is 4.79 Å². The Labute approximate surface area is 157 Å². The van der Waals surface area contributed by atoms with Crippen LogP contribution in [0.5, 0.6) is 11.5 Å². The molecule has 0 bridgehead atoms. The number of carbonyl (C=O) groups excluding carboxylic acids is 1. The lowest BCUT2D eigenvalue weighted by Crippen LogP contribution is -2.26. The van der Waals surface area contributed by atoms with Crippen LogP contribution in [0.25, 0.3) is 0 Å². The van der Waals surface area contributed by atoms with Crippen molar-refractivity contribution in [3.8, 4) is 11.5 Å². The number of nitrogens with zero attached hydrogens (tertiary/aromatic N) is 1. The molecule has 0 radical (unpaired) electrons. The summed E-state index contributed by atoms with van der Waals surface area (Å²) in [5, 5.41) is 9.07. The lowest BCUT2D eigenvalue weighted by Gasteiger charge is -2.16. The van der Waals surface area contributed by atoms with Crippen LogP contribution in [0.15, 0.2) is 28.7 Å². The lowest BCUT2D eigenvalue weighted by molar-refractivity contribution is -0.130. The van der Waals surface area contributed by atoms with Crippen LogP contribution in [0.1, 0.15) is 40.3 Å². The summed E-state index contributed by atoms with van der Waals surface area (Å²) in [6, 6.07) is 7.20. The van der Waals surface area contributed by atoms with Gasteiger partial charge in [0.25, 0.3) is 0 Å². The first kappa shape index (κ1) is 18.8. The fourth-order valence-electron chi connectivity index (χ4n) is 2.96. The van der Waals surface area contributed by atoms with Crippen molar-refractivity contribution in [1.82, 2.24) is 4.90 Å². The predicted octanol–water partition coefficient (Wildman–Crippen LogP) is 3.04. The van der Waals surface area contributed by atoms with Crippen molar-refractivity contribution in [2.24, 2.45) is 0 Å². The second-order valence-electron chi connectivity index (χ2n) is 6.57. The number of ether oxygens (including phenoxy) is 2. The maximum Gasteiger partial charge on any atom is 0.339 e. The minimum absolute atomic E-state index is 0.0481. The number of hydrogen-bond acceptors (Lipinski definition) is 5. The number of carbonyl (C=O) groups is 2. The van der Waals surface area contributed by atoms with E-state index in [-0.39, 0.29) is 18.0 Å². The van der Waals surface area contributed by atoms with Crippen LogP contribution in [0.2, 0.25) is 0 Å². The summed E-state index contributed by atoms with van der Waals surface area (Å²) in [6.07, 6.45) is 1.77. The average molecular weight is 373 g/mol. The van der Waals surface area contributed by atoms with Crippen LogP contribution in [0, 0.1) is 6.92 Å². The fraction of sp³-hybridized carbons (Fsp3) is 0.400. The summed E-state index contributed by atoms with van der Waals surface area (Å²) in [5.74, 6) is 1.17. The van der Waals surface area contributed by atoms with Crippen molar-refractivity contribution < 1.29 is 28.6 Å². The van der Waals surface area contributed by atoms with Crippen molar-refractivity contribution in [2.45, 2.75) is 32.7 Å². The van der Waals surface area contributed by atoms with Crippen molar-refractivity contribution in [3.63, 3.8) is 0 Å². The Bertz CT molecular complexity index is 841. The van der Waals surface area contributed by atoms with E-state index in [1.165, 1.54) is 11.0 Å². The lowest BCUT2D eigenvalue weighted by atomic mass is 10.1. The molecule has 0 saturated carbocycles. The number of hydrogen-bond donors (Lipinski definition) is 1. The number of rotatable bonds is 6. The summed E-state index contributed by atoms with van der Waals surface area (Å²) in [6.45, 7) is 3.09. The molecular formula is C20H23NO6. The minimum atomic E-state index is -1.04. The van der Waals surface area contributed by atoms with Crippen LogP contribution in [0.4, 0.5) is 0 Å². The van der Waals surface area contributed by atoms with Crippen molar-refractivity contribution in [2.75, 3.05) is 20.3 Å². The average Bonchev–Trinajstić information content (AvgIpc) is 2.86. The molecule has 7 nitrogen and oxygen atoms in total. The molecule has 0 aliphatic carbocycles. The van der Waals surface area contributed by atoms with Gasteiger partial charge in [-0.15, -0.1) is 0 Å². The van der Waals surface area contributed by atoms with Gasteiger partial charge in [-0.05, 0) is 37.1 Å². The van der Waals surface area contributed by atoms with Crippen molar-refractivity contribution in [1.29, 1.82) is 0 Å². The normalized spacial score (nSPS) is 13.1. The fourth-order valence-corrected chi connectivity index (χ4v) is 2.96. The molecule has 144 valence electrons. The predicted molar refractivity (Wildman–Crippen MR) is 97.2 cm³/mol. The molecule has 2 aromatic rings. The maximum atomic E-state index is 12.4. The molecule has 27 heavy (non-hydrogen) atoms. The number of carboxylic acid groups (broad SMARTS) is 1. The van der Waals surface area contributed by atoms with Gasteiger partial charge in [0.2, 0.25) is 5.91 Å². The van der Waals surface area contributed by atoms with E-state index in [0.717, 1.165) is 23.5 Å². The Morgan fingerprint density at radius 3 is 2.59 bits per heavy atom. The van der Waals surface area contributed by atoms with Gasteiger partial charge in [-0.2, -0.15) is 0 Å². The van der Waals surface area contributed by atoms with E-state index >= 15 is 0 Å². The molecule has 1 amide bonds. The molecule has 1 aliphatic heterocycles. The smallest absolute Gasteiger partial charge is 0.339 e. The zero-order valence-electron chi connectivity index (χ0n) is 15.5. The molecule has 1 aliphatic rings. The zero-order valence-corrected chi connectivity index (χ0v) is 15.5. The van der Waals surface area contributed by atoms with Crippen LogP contribution < -0.4 is 9.47 Å². The molecule has 1 aromatic carbocycles. The first-order chi connectivity index (χ1) is 12.9. The number of aryl methyl sites for hydroxylation is 2. The molecule has 3 rings (SSSR count). The number of fused-ring (bicyclic) bond motifs is 1. The number of amides is 1. The highest BCUT2D eigenvalue weighted by atomic mass is 16.5. The Morgan fingerprint density at radius 1 is 1.15 bits per heavy atom. The van der Waals surface area contributed by atoms with E-state index in [1.807, 2.05) is 18.2 Å². The van der Waals surface area contributed by atoms with E-state index in [2.05, 4.69) is 0 Å². The quantitative estimate of drug-likeness (QED) is 0.837. The van der Waals surface area contributed by atoms with Crippen LogP contribution in [-0.2, 0) is 17.8 Å². The second-order valence-corrected chi connectivity index (χ2v) is 6.57. The maximum absolute atomic E-state index is 12.4. The standard InChI is InChI=1S/C20H23NO6/c1-13-16(20(23)24)11-15(27-13)12-21(2)19(22)7-5-14-4-6-17-18(10-14)26-9-3-8-25-17/h4,6,10-11H,3,5,7-9,12H2,1-2H3,(H,23,24). The Morgan fingerprint density at radius 2 is 1.89 bits per heavy atom. The topological polar surface area (TPSA) is 89.2 Å². The highest BCUT2D eigenvalue weighted by Crippen LogP contribution is 2.30. The molecule has 0 unspecified atom stereocenters. The minimum Gasteiger partial charge on any atom is -0.490 e. The van der Waals surface area contributed by atoms with Gasteiger partial charge in [-0.25, -0.2) is 4.79 Å². The third kappa shape index (κ3) is 4.61. The molecule has 2 heterocycles. The summed E-state index contributed by atoms with van der Waals surface area (Å²) < 4.78 is 16.7. The second kappa shape index (κ2) is 8.16. The largest absolute Gasteiger partial charge is 0.490 e. The number of carboxylic acids is 1. The molecular weight excluding hydrogens is 350 g/mol. The van der Waals surface area contributed by atoms with Gasteiger partial charge in [0.05, 0.1) is 19.8 Å². The summed E-state index contributed by atoms with van der Waals surface area (Å²) in [5.41, 5.74) is 1.13. The molecule has 1 aromatic heterocycles. The number of aromatic carboxylic acids is 1. The van der Waals surface area contributed by atoms with E-state index in [1.54, 1.807) is 14.0 Å². The zero-order chi connectivity index (χ0) is 19.4. The summed E-state index contributed by atoms with van der Waals surface area (Å²) in [4.78, 5) is 25.0. The van der Waals surface area contributed by atoms with Gasteiger partial charge in [-0.1, -0.05) is 6.07 Å². The first-order valence-electron chi connectivity index (χ1n) is 8.89. The summed E-state index contributed by atoms with van der Waals surface area (Å²) in [7, 11) is 1.68. The van der Waals surface area contributed by atoms with Crippen LogP contribution >= 0.6 is 0 Å². The first-order valence-corrected chi connectivity index (χ1v) is 8.89.